The first kappa shape index (κ1) is 20.9. The van der Waals surface area contributed by atoms with Gasteiger partial charge in [-0.3, -0.25) is 9.59 Å². The van der Waals surface area contributed by atoms with Crippen molar-refractivity contribution in [2.75, 3.05) is 6.61 Å². The van der Waals surface area contributed by atoms with Gasteiger partial charge in [0.15, 0.2) is 0 Å². The molecule has 4 rings (SSSR count). The second-order valence-corrected chi connectivity index (χ2v) is 7.82. The van der Waals surface area contributed by atoms with Crippen LogP contribution in [0.4, 0.5) is 0 Å². The maximum Gasteiger partial charge on any atom is 0.253 e. The molecule has 0 fully saturated rings. The Morgan fingerprint density at radius 3 is 2.48 bits per heavy atom. The number of halogens is 1. The quantitative estimate of drug-likeness (QED) is 0.583. The van der Waals surface area contributed by atoms with Crippen molar-refractivity contribution < 1.29 is 14.3 Å². The Morgan fingerprint density at radius 2 is 1.68 bits per heavy atom. The number of nitrogens with one attached hydrogen (secondary N) is 2. The molecule has 1 aliphatic heterocycles. The first-order valence-corrected chi connectivity index (χ1v) is 10.6. The zero-order chi connectivity index (χ0) is 21.6. The van der Waals surface area contributed by atoms with Gasteiger partial charge in [-0.25, -0.2) is 0 Å². The molecule has 0 saturated carbocycles. The molecule has 3 aromatic rings. The number of amides is 2. The summed E-state index contributed by atoms with van der Waals surface area (Å²) in [5.74, 6) is 0.337. The lowest BCUT2D eigenvalue weighted by atomic mass is 9.99. The summed E-state index contributed by atoms with van der Waals surface area (Å²) < 4.78 is 5.68. The molecule has 0 aromatic heterocycles. The summed E-state index contributed by atoms with van der Waals surface area (Å²) >= 11 is 6.18. The number of ether oxygens (including phenoxy) is 1. The molecule has 2 amide bonds. The predicted molar refractivity (Wildman–Crippen MR) is 120 cm³/mol. The number of fused-ring (bicyclic) bond motifs is 1. The molecule has 1 heterocycles. The minimum atomic E-state index is -0.486. The van der Waals surface area contributed by atoms with E-state index in [0.29, 0.717) is 23.6 Å². The van der Waals surface area contributed by atoms with E-state index in [2.05, 4.69) is 10.6 Å². The van der Waals surface area contributed by atoms with E-state index in [4.69, 9.17) is 16.3 Å². The van der Waals surface area contributed by atoms with Crippen LogP contribution in [-0.4, -0.2) is 18.4 Å². The highest BCUT2D eigenvalue weighted by molar-refractivity contribution is 6.33. The van der Waals surface area contributed by atoms with Gasteiger partial charge < -0.3 is 15.4 Å². The minimum absolute atomic E-state index is 0.111. The van der Waals surface area contributed by atoms with Crippen LogP contribution < -0.4 is 15.4 Å². The van der Waals surface area contributed by atoms with Crippen LogP contribution >= 0.6 is 11.6 Å². The third-order valence-electron chi connectivity index (χ3n) is 5.31. The lowest BCUT2D eigenvalue weighted by Crippen LogP contribution is -2.36. The van der Waals surface area contributed by atoms with Crippen molar-refractivity contribution in [3.05, 3.63) is 101 Å². The molecule has 31 heavy (non-hydrogen) atoms. The Balaban J connectivity index is 1.50. The minimum Gasteiger partial charge on any atom is -0.493 e. The SMILES string of the molecule is O=C(C[C@@H](NC(=O)c1ccccc1Cl)c1ccccc1)N[C@H]1CCOc2ccccc21. The molecule has 1 aliphatic rings. The number of carbonyl (C=O) groups excluding carboxylic acids is 2. The van der Waals surface area contributed by atoms with Crippen molar-refractivity contribution in [3.63, 3.8) is 0 Å². The monoisotopic (exact) mass is 434 g/mol. The van der Waals surface area contributed by atoms with Gasteiger partial charge in [0.25, 0.3) is 5.91 Å². The van der Waals surface area contributed by atoms with Crippen LogP contribution in [0.2, 0.25) is 5.02 Å². The molecule has 3 aromatic carbocycles. The molecule has 6 heteroatoms. The number of carbonyl (C=O) groups is 2. The molecule has 0 spiro atoms. The predicted octanol–water partition coefficient (Wildman–Crippen LogP) is 4.84. The maximum absolute atomic E-state index is 13.0. The first-order chi connectivity index (χ1) is 15.1. The largest absolute Gasteiger partial charge is 0.493 e. The molecule has 2 N–H and O–H groups in total. The average Bonchev–Trinajstić information content (AvgIpc) is 2.80. The Bertz CT molecular complexity index is 1070. The third-order valence-corrected chi connectivity index (χ3v) is 5.64. The summed E-state index contributed by atoms with van der Waals surface area (Å²) in [6, 6.07) is 23.4. The van der Waals surface area contributed by atoms with E-state index < -0.39 is 6.04 Å². The van der Waals surface area contributed by atoms with Gasteiger partial charge in [0, 0.05) is 12.0 Å². The molecular formula is C25H23ClN2O3. The van der Waals surface area contributed by atoms with Gasteiger partial charge in [-0.15, -0.1) is 0 Å². The van der Waals surface area contributed by atoms with Crippen molar-refractivity contribution in [3.8, 4) is 5.75 Å². The molecule has 158 valence electrons. The smallest absolute Gasteiger partial charge is 0.253 e. The zero-order valence-corrected chi connectivity index (χ0v) is 17.6. The van der Waals surface area contributed by atoms with Gasteiger partial charge >= 0.3 is 0 Å². The van der Waals surface area contributed by atoms with Crippen molar-refractivity contribution in [2.24, 2.45) is 0 Å². The van der Waals surface area contributed by atoms with Gasteiger partial charge in [-0.2, -0.15) is 0 Å². The van der Waals surface area contributed by atoms with Crippen LogP contribution in [-0.2, 0) is 4.79 Å². The average molecular weight is 435 g/mol. The Labute approximate surface area is 186 Å². The lowest BCUT2D eigenvalue weighted by molar-refractivity contribution is -0.122. The van der Waals surface area contributed by atoms with Crippen LogP contribution in [0.5, 0.6) is 5.75 Å². The standard InChI is InChI=1S/C25H23ClN2O3/c26-20-12-6-4-10-18(20)25(30)28-22(17-8-2-1-3-9-17)16-24(29)27-21-14-15-31-23-13-7-5-11-19(21)23/h1-13,21-22H,14-16H2,(H,27,29)(H,28,30)/t21-,22+/m0/s1. The van der Waals surface area contributed by atoms with Crippen molar-refractivity contribution >= 4 is 23.4 Å². The molecule has 0 saturated heterocycles. The summed E-state index contributed by atoms with van der Waals surface area (Å²) in [6.07, 6.45) is 0.810. The van der Waals surface area contributed by atoms with Crippen LogP contribution in [0.15, 0.2) is 78.9 Å². The summed E-state index contributed by atoms with van der Waals surface area (Å²) in [4.78, 5) is 25.8. The summed E-state index contributed by atoms with van der Waals surface area (Å²) in [7, 11) is 0. The Kier molecular flexibility index (Phi) is 6.53. The van der Waals surface area contributed by atoms with E-state index in [0.717, 1.165) is 16.9 Å². The summed E-state index contributed by atoms with van der Waals surface area (Å²) in [5.41, 5.74) is 2.20. The molecule has 0 radical (unpaired) electrons. The molecule has 0 aliphatic carbocycles. The second kappa shape index (κ2) is 9.67. The van der Waals surface area contributed by atoms with E-state index in [9.17, 15) is 9.59 Å². The van der Waals surface area contributed by atoms with Gasteiger partial charge in [-0.1, -0.05) is 72.3 Å². The fourth-order valence-electron chi connectivity index (χ4n) is 3.75. The Morgan fingerprint density at radius 1 is 0.968 bits per heavy atom. The van der Waals surface area contributed by atoms with E-state index in [1.165, 1.54) is 0 Å². The van der Waals surface area contributed by atoms with Crippen molar-refractivity contribution in [1.82, 2.24) is 10.6 Å². The maximum atomic E-state index is 13.0. The van der Waals surface area contributed by atoms with Gasteiger partial charge in [-0.05, 0) is 23.8 Å². The van der Waals surface area contributed by atoms with E-state index in [1.807, 2.05) is 54.6 Å². The number of benzene rings is 3. The Hall–Kier alpha value is -3.31. The second-order valence-electron chi connectivity index (χ2n) is 7.42. The molecular weight excluding hydrogens is 412 g/mol. The summed E-state index contributed by atoms with van der Waals surface area (Å²) in [6.45, 7) is 0.549. The van der Waals surface area contributed by atoms with Crippen LogP contribution in [0, 0.1) is 0 Å². The number of hydrogen-bond acceptors (Lipinski definition) is 3. The third kappa shape index (κ3) is 5.06. The number of hydrogen-bond donors (Lipinski definition) is 2. The van der Waals surface area contributed by atoms with Crippen LogP contribution in [0.3, 0.4) is 0 Å². The highest BCUT2D eigenvalue weighted by atomic mass is 35.5. The normalized spacial score (nSPS) is 15.8. The van der Waals surface area contributed by atoms with Crippen molar-refractivity contribution in [1.29, 1.82) is 0 Å². The van der Waals surface area contributed by atoms with Crippen LogP contribution in [0.1, 0.15) is 46.4 Å². The lowest BCUT2D eigenvalue weighted by Gasteiger charge is -2.27. The fourth-order valence-corrected chi connectivity index (χ4v) is 3.97. The molecule has 0 bridgehead atoms. The topological polar surface area (TPSA) is 67.4 Å². The molecule has 0 unspecified atom stereocenters. The fraction of sp³-hybridized carbons (Fsp3) is 0.200. The number of para-hydroxylation sites is 1. The van der Waals surface area contributed by atoms with Crippen molar-refractivity contribution in [2.45, 2.75) is 24.9 Å². The summed E-state index contributed by atoms with van der Waals surface area (Å²) in [5, 5.41) is 6.44. The highest BCUT2D eigenvalue weighted by Crippen LogP contribution is 2.32. The van der Waals surface area contributed by atoms with E-state index in [1.54, 1.807) is 24.3 Å². The highest BCUT2D eigenvalue weighted by Gasteiger charge is 2.25. The molecule has 2 atom stereocenters. The number of rotatable bonds is 6. The van der Waals surface area contributed by atoms with E-state index >= 15 is 0 Å². The van der Waals surface area contributed by atoms with Crippen LogP contribution in [0.25, 0.3) is 0 Å². The first-order valence-electron chi connectivity index (χ1n) is 10.2. The van der Waals surface area contributed by atoms with Gasteiger partial charge in [0.1, 0.15) is 5.75 Å². The molecule has 5 nitrogen and oxygen atoms in total. The van der Waals surface area contributed by atoms with Gasteiger partial charge in [0.2, 0.25) is 5.91 Å². The zero-order valence-electron chi connectivity index (χ0n) is 16.9. The van der Waals surface area contributed by atoms with E-state index in [-0.39, 0.29) is 24.3 Å². The van der Waals surface area contributed by atoms with Gasteiger partial charge in [0.05, 0.1) is 35.7 Å².